The average Bonchev–Trinajstić information content (AvgIpc) is 2.88. The van der Waals surface area contributed by atoms with Crippen LogP contribution in [-0.2, 0) is 13.1 Å². The molecule has 0 radical (unpaired) electrons. The summed E-state index contributed by atoms with van der Waals surface area (Å²) in [5.41, 5.74) is 3.31. The van der Waals surface area contributed by atoms with E-state index >= 15 is 0 Å². The van der Waals surface area contributed by atoms with Crippen LogP contribution in [0, 0.1) is 0 Å². The number of benzene rings is 1. The van der Waals surface area contributed by atoms with E-state index in [4.69, 9.17) is 5.11 Å². The van der Waals surface area contributed by atoms with Crippen molar-refractivity contribution in [1.29, 1.82) is 0 Å². The number of hydrogen-bond acceptors (Lipinski definition) is 4. The normalized spacial score (nSPS) is 10.9. The predicted octanol–water partition coefficient (Wildman–Crippen LogP) is 3.25. The van der Waals surface area contributed by atoms with Gasteiger partial charge in [-0.1, -0.05) is 38.1 Å². The van der Waals surface area contributed by atoms with Crippen LogP contribution >= 0.6 is 11.3 Å². The van der Waals surface area contributed by atoms with Gasteiger partial charge in [0, 0.05) is 18.5 Å². The summed E-state index contributed by atoms with van der Waals surface area (Å²) in [5.74, 6) is -0.424. The van der Waals surface area contributed by atoms with Crippen LogP contribution in [0.1, 0.15) is 46.4 Å². The second kappa shape index (κ2) is 6.63. The van der Waals surface area contributed by atoms with Crippen molar-refractivity contribution in [1.82, 2.24) is 10.3 Å². The van der Waals surface area contributed by atoms with Gasteiger partial charge in [0.05, 0.1) is 5.69 Å². The molecule has 2 N–H and O–H groups in total. The molecule has 0 aliphatic carbocycles. The van der Waals surface area contributed by atoms with Crippen LogP contribution in [-0.4, -0.2) is 16.1 Å². The molecule has 1 heterocycles. The summed E-state index contributed by atoms with van der Waals surface area (Å²) in [6.45, 7) is 5.68. The Morgan fingerprint density at radius 2 is 2.00 bits per heavy atom. The number of carbonyl (C=O) groups is 1. The molecule has 0 saturated heterocycles. The summed E-state index contributed by atoms with van der Waals surface area (Å²) in [4.78, 5) is 14.8. The van der Waals surface area contributed by atoms with Gasteiger partial charge in [-0.05, 0) is 17.0 Å². The summed E-state index contributed by atoms with van der Waals surface area (Å²) < 4.78 is 0. The van der Waals surface area contributed by atoms with Gasteiger partial charge in [-0.3, -0.25) is 0 Å². The highest BCUT2D eigenvalue weighted by atomic mass is 32.1. The second-order valence-electron chi connectivity index (χ2n) is 4.95. The van der Waals surface area contributed by atoms with E-state index in [0.29, 0.717) is 12.5 Å². The summed E-state index contributed by atoms with van der Waals surface area (Å²) in [6, 6.07) is 8.53. The lowest BCUT2D eigenvalue weighted by molar-refractivity contribution is 0.0696. The third-order valence-electron chi connectivity index (χ3n) is 3.02. The second-order valence-corrected chi connectivity index (χ2v) is 5.81. The summed E-state index contributed by atoms with van der Waals surface area (Å²) >= 11 is 1.16. The van der Waals surface area contributed by atoms with E-state index in [1.807, 2.05) is 0 Å². The number of hydrogen-bond donors (Lipinski definition) is 2. The van der Waals surface area contributed by atoms with Crippen molar-refractivity contribution >= 4 is 17.3 Å². The topological polar surface area (TPSA) is 62.2 Å². The van der Waals surface area contributed by atoms with Gasteiger partial charge in [-0.15, -0.1) is 11.3 Å². The van der Waals surface area contributed by atoms with Crippen molar-refractivity contribution in [2.45, 2.75) is 32.9 Å². The molecule has 2 rings (SSSR count). The molecule has 106 valence electrons. The van der Waals surface area contributed by atoms with Gasteiger partial charge in [-0.25, -0.2) is 9.78 Å². The van der Waals surface area contributed by atoms with Crippen LogP contribution in [0.15, 0.2) is 29.6 Å². The molecule has 0 bridgehead atoms. The van der Waals surface area contributed by atoms with Crippen molar-refractivity contribution in [2.24, 2.45) is 0 Å². The number of nitrogens with zero attached hydrogens (tertiary/aromatic N) is 1. The van der Waals surface area contributed by atoms with E-state index in [9.17, 15) is 4.79 Å². The highest BCUT2D eigenvalue weighted by Gasteiger charge is 2.08. The summed E-state index contributed by atoms with van der Waals surface area (Å²) in [7, 11) is 0. The number of aromatic nitrogens is 1. The number of nitrogens with one attached hydrogen (secondary N) is 1. The van der Waals surface area contributed by atoms with Crippen LogP contribution < -0.4 is 5.32 Å². The Labute approximate surface area is 122 Å². The van der Waals surface area contributed by atoms with E-state index in [-0.39, 0.29) is 5.01 Å². The molecule has 0 unspecified atom stereocenters. The fourth-order valence-electron chi connectivity index (χ4n) is 1.84. The largest absolute Gasteiger partial charge is 0.476 e. The molecule has 1 aromatic heterocycles. The number of carboxylic acids is 1. The van der Waals surface area contributed by atoms with Crippen molar-refractivity contribution in [3.63, 3.8) is 0 Å². The van der Waals surface area contributed by atoms with Crippen molar-refractivity contribution in [2.75, 3.05) is 0 Å². The van der Waals surface area contributed by atoms with Gasteiger partial charge < -0.3 is 10.4 Å². The maximum absolute atomic E-state index is 10.7. The lowest BCUT2D eigenvalue weighted by Crippen LogP contribution is -2.13. The highest BCUT2D eigenvalue weighted by Crippen LogP contribution is 2.15. The molecule has 20 heavy (non-hydrogen) atoms. The third-order valence-corrected chi connectivity index (χ3v) is 3.90. The number of carboxylic acid groups (broad SMARTS) is 1. The minimum atomic E-state index is -0.967. The van der Waals surface area contributed by atoms with Crippen LogP contribution in [0.4, 0.5) is 0 Å². The molecule has 1 aromatic carbocycles. The third kappa shape index (κ3) is 3.88. The fourth-order valence-corrected chi connectivity index (χ4v) is 2.50. The van der Waals surface area contributed by atoms with Crippen molar-refractivity contribution in [3.05, 3.63) is 51.5 Å². The Morgan fingerprint density at radius 1 is 1.30 bits per heavy atom. The van der Waals surface area contributed by atoms with Gasteiger partial charge in [0.25, 0.3) is 0 Å². The monoisotopic (exact) mass is 290 g/mol. The zero-order valence-electron chi connectivity index (χ0n) is 11.6. The summed E-state index contributed by atoms with van der Waals surface area (Å²) in [5, 5.41) is 14.0. The minimum absolute atomic E-state index is 0.142. The Kier molecular flexibility index (Phi) is 4.87. The molecular formula is C15H18N2O2S. The molecule has 5 heteroatoms. The quantitative estimate of drug-likeness (QED) is 0.857. The van der Waals surface area contributed by atoms with E-state index in [2.05, 4.69) is 48.4 Å². The molecule has 0 spiro atoms. The van der Waals surface area contributed by atoms with E-state index in [0.717, 1.165) is 23.6 Å². The Morgan fingerprint density at radius 3 is 2.55 bits per heavy atom. The molecule has 0 atom stereocenters. The van der Waals surface area contributed by atoms with Crippen LogP contribution in [0.25, 0.3) is 0 Å². The van der Waals surface area contributed by atoms with E-state index in [1.54, 1.807) is 5.38 Å². The molecule has 4 nitrogen and oxygen atoms in total. The minimum Gasteiger partial charge on any atom is -0.476 e. The Bertz CT molecular complexity index is 576. The summed E-state index contributed by atoms with van der Waals surface area (Å²) in [6.07, 6.45) is 0. The molecular weight excluding hydrogens is 272 g/mol. The van der Waals surface area contributed by atoms with Gasteiger partial charge in [-0.2, -0.15) is 0 Å². The van der Waals surface area contributed by atoms with Gasteiger partial charge in [0.15, 0.2) is 0 Å². The van der Waals surface area contributed by atoms with Crippen LogP contribution in [0.5, 0.6) is 0 Å². The lowest BCUT2D eigenvalue weighted by Gasteiger charge is -2.07. The molecule has 0 aliphatic heterocycles. The average molecular weight is 290 g/mol. The van der Waals surface area contributed by atoms with Crippen LogP contribution in [0.3, 0.4) is 0 Å². The van der Waals surface area contributed by atoms with E-state index in [1.165, 1.54) is 11.1 Å². The van der Waals surface area contributed by atoms with Crippen LogP contribution in [0.2, 0.25) is 0 Å². The molecule has 0 saturated carbocycles. The first-order valence-electron chi connectivity index (χ1n) is 6.53. The Balaban J connectivity index is 1.84. The van der Waals surface area contributed by atoms with Crippen molar-refractivity contribution < 1.29 is 9.90 Å². The molecule has 0 fully saturated rings. The molecule has 0 amide bonds. The first-order chi connectivity index (χ1) is 9.56. The van der Waals surface area contributed by atoms with E-state index < -0.39 is 5.97 Å². The van der Waals surface area contributed by atoms with Gasteiger partial charge >= 0.3 is 5.97 Å². The number of thiazole rings is 1. The maximum atomic E-state index is 10.7. The molecule has 0 aliphatic rings. The predicted molar refractivity (Wildman–Crippen MR) is 80.1 cm³/mol. The molecule has 2 aromatic rings. The van der Waals surface area contributed by atoms with Crippen molar-refractivity contribution in [3.8, 4) is 0 Å². The first kappa shape index (κ1) is 14.7. The first-order valence-corrected chi connectivity index (χ1v) is 7.41. The zero-order valence-corrected chi connectivity index (χ0v) is 12.4. The van der Waals surface area contributed by atoms with Gasteiger partial charge in [0.1, 0.15) is 0 Å². The smallest absolute Gasteiger partial charge is 0.365 e. The highest BCUT2D eigenvalue weighted by molar-refractivity contribution is 7.11. The standard InChI is InChI=1S/C15H18N2O2S/c1-10(2)12-5-3-11(4-6-12)7-16-8-13-9-20-14(17-13)15(18)19/h3-6,9-10,16H,7-8H2,1-2H3,(H,18,19). The number of rotatable bonds is 6. The van der Waals surface area contributed by atoms with Gasteiger partial charge in [0.2, 0.25) is 5.01 Å². The number of aromatic carboxylic acids is 1. The maximum Gasteiger partial charge on any atom is 0.365 e. The fraction of sp³-hybridized carbons (Fsp3) is 0.333. The Hall–Kier alpha value is -1.72. The SMILES string of the molecule is CC(C)c1ccc(CNCc2csc(C(=O)O)n2)cc1. The zero-order chi connectivity index (χ0) is 14.5. The lowest BCUT2D eigenvalue weighted by atomic mass is 10.0.